The molecule has 4 nitrogen and oxygen atoms in total. The fourth-order valence-corrected chi connectivity index (χ4v) is 2.61. The van der Waals surface area contributed by atoms with Crippen molar-refractivity contribution in [2.45, 2.75) is 33.7 Å². The van der Waals surface area contributed by atoms with E-state index in [1.165, 1.54) is 0 Å². The molecule has 0 aliphatic rings. The van der Waals surface area contributed by atoms with Crippen molar-refractivity contribution in [1.29, 1.82) is 0 Å². The van der Waals surface area contributed by atoms with E-state index < -0.39 is 5.97 Å². The molecule has 4 heteroatoms. The number of carboxylic acid groups (broad SMARTS) is 1. The first-order chi connectivity index (χ1) is 8.97. The lowest BCUT2D eigenvalue weighted by atomic mass is 10.0. The van der Waals surface area contributed by atoms with Gasteiger partial charge in [0.05, 0.1) is 11.1 Å². The lowest BCUT2D eigenvalue weighted by Crippen LogP contribution is -2.09. The van der Waals surface area contributed by atoms with Crippen LogP contribution in [-0.2, 0) is 6.54 Å². The number of benzene rings is 1. The Hall–Kier alpha value is -1.81. The second-order valence-electron chi connectivity index (χ2n) is 5.02. The summed E-state index contributed by atoms with van der Waals surface area (Å²) in [7, 11) is 0. The molecule has 1 aromatic heterocycles. The first-order valence-corrected chi connectivity index (χ1v) is 6.50. The summed E-state index contributed by atoms with van der Waals surface area (Å²) in [5, 5.41) is 10.5. The molecule has 0 amide bonds. The summed E-state index contributed by atoms with van der Waals surface area (Å²) in [6, 6.07) is 3.80. The second kappa shape index (κ2) is 5.05. The van der Waals surface area contributed by atoms with Gasteiger partial charge < -0.3 is 15.4 Å². The van der Waals surface area contributed by atoms with E-state index in [4.69, 9.17) is 5.73 Å². The van der Waals surface area contributed by atoms with Gasteiger partial charge >= 0.3 is 5.97 Å². The summed E-state index contributed by atoms with van der Waals surface area (Å²) in [6.07, 6.45) is 0.844. The number of carbonyl (C=O) groups is 1. The fraction of sp³-hybridized carbons (Fsp3) is 0.400. The van der Waals surface area contributed by atoms with Crippen molar-refractivity contribution in [3.05, 3.63) is 34.5 Å². The molecule has 0 saturated carbocycles. The van der Waals surface area contributed by atoms with Crippen LogP contribution < -0.4 is 5.73 Å². The molecule has 2 aromatic rings. The van der Waals surface area contributed by atoms with Crippen molar-refractivity contribution in [2.75, 3.05) is 6.54 Å². The minimum Gasteiger partial charge on any atom is -0.478 e. The number of nitrogens with two attached hydrogens (primary N) is 1. The van der Waals surface area contributed by atoms with Gasteiger partial charge in [0.2, 0.25) is 0 Å². The van der Waals surface area contributed by atoms with Gasteiger partial charge in [-0.2, -0.15) is 0 Å². The molecule has 0 radical (unpaired) electrons. The highest BCUT2D eigenvalue weighted by atomic mass is 16.4. The van der Waals surface area contributed by atoms with Gasteiger partial charge in [-0.1, -0.05) is 0 Å². The molecule has 1 aromatic carbocycles. The van der Waals surface area contributed by atoms with E-state index in [0.29, 0.717) is 12.1 Å². The summed E-state index contributed by atoms with van der Waals surface area (Å²) >= 11 is 0. The Morgan fingerprint density at radius 2 is 2.00 bits per heavy atom. The van der Waals surface area contributed by atoms with Crippen molar-refractivity contribution in [1.82, 2.24) is 4.57 Å². The Balaban J connectivity index is 2.80. The molecular weight excluding hydrogens is 240 g/mol. The molecule has 2 rings (SSSR count). The minimum absolute atomic E-state index is 0.378. The molecule has 19 heavy (non-hydrogen) atoms. The Morgan fingerprint density at radius 1 is 1.32 bits per heavy atom. The summed E-state index contributed by atoms with van der Waals surface area (Å²) in [5.41, 5.74) is 10.0. The SMILES string of the molecule is Cc1cc(C(=O)O)c2c(c1)c(C)c(C)n2CCCN. The summed E-state index contributed by atoms with van der Waals surface area (Å²) in [4.78, 5) is 11.5. The molecule has 0 fully saturated rings. The average Bonchev–Trinajstić information content (AvgIpc) is 2.59. The minimum atomic E-state index is -0.875. The first-order valence-electron chi connectivity index (χ1n) is 6.50. The van der Waals surface area contributed by atoms with Crippen LogP contribution in [0.25, 0.3) is 10.9 Å². The lowest BCUT2D eigenvalue weighted by molar-refractivity contribution is 0.0698. The van der Waals surface area contributed by atoms with Crippen LogP contribution in [0.2, 0.25) is 0 Å². The van der Waals surface area contributed by atoms with E-state index in [0.717, 1.165) is 40.7 Å². The average molecular weight is 260 g/mol. The van der Waals surface area contributed by atoms with Crippen LogP contribution in [0.5, 0.6) is 0 Å². The predicted octanol–water partition coefficient (Wildman–Crippen LogP) is 2.61. The van der Waals surface area contributed by atoms with Crippen molar-refractivity contribution in [2.24, 2.45) is 5.73 Å². The number of carboxylic acids is 1. The zero-order valence-corrected chi connectivity index (χ0v) is 11.7. The Labute approximate surface area is 112 Å². The predicted molar refractivity (Wildman–Crippen MR) is 76.8 cm³/mol. The van der Waals surface area contributed by atoms with Gasteiger partial charge in [0.25, 0.3) is 0 Å². The number of hydrogen-bond donors (Lipinski definition) is 2. The van der Waals surface area contributed by atoms with Gasteiger partial charge in [-0.05, 0) is 57.0 Å². The topological polar surface area (TPSA) is 68.2 Å². The van der Waals surface area contributed by atoms with E-state index in [-0.39, 0.29) is 0 Å². The molecule has 3 N–H and O–H groups in total. The number of hydrogen-bond acceptors (Lipinski definition) is 2. The Bertz CT molecular complexity index is 641. The number of rotatable bonds is 4. The third-order valence-electron chi connectivity index (χ3n) is 3.69. The van der Waals surface area contributed by atoms with Crippen molar-refractivity contribution in [3.8, 4) is 0 Å². The molecule has 102 valence electrons. The highest BCUT2D eigenvalue weighted by molar-refractivity contribution is 6.04. The molecule has 0 aliphatic carbocycles. The maximum atomic E-state index is 11.5. The largest absolute Gasteiger partial charge is 0.478 e. The molecule has 0 unspecified atom stereocenters. The van der Waals surface area contributed by atoms with E-state index in [1.807, 2.05) is 20.8 Å². The second-order valence-corrected chi connectivity index (χ2v) is 5.02. The van der Waals surface area contributed by atoms with Crippen LogP contribution in [0, 0.1) is 20.8 Å². The molecule has 1 heterocycles. The van der Waals surface area contributed by atoms with Gasteiger partial charge in [-0.3, -0.25) is 0 Å². The third kappa shape index (κ3) is 2.24. The molecule has 0 bridgehead atoms. The first kappa shape index (κ1) is 13.6. The maximum Gasteiger partial charge on any atom is 0.337 e. The molecule has 0 atom stereocenters. The molecular formula is C15H20N2O2. The normalized spacial score (nSPS) is 11.2. The number of aromatic nitrogens is 1. The van der Waals surface area contributed by atoms with Crippen LogP contribution in [0.1, 0.15) is 33.6 Å². The van der Waals surface area contributed by atoms with E-state index in [2.05, 4.69) is 10.6 Å². The maximum absolute atomic E-state index is 11.5. The molecule has 0 saturated heterocycles. The highest BCUT2D eigenvalue weighted by Gasteiger charge is 2.18. The Morgan fingerprint density at radius 3 is 2.58 bits per heavy atom. The highest BCUT2D eigenvalue weighted by Crippen LogP contribution is 2.29. The smallest absolute Gasteiger partial charge is 0.337 e. The molecule has 0 spiro atoms. The number of fused-ring (bicyclic) bond motifs is 1. The quantitative estimate of drug-likeness (QED) is 0.888. The standard InChI is InChI=1S/C15H20N2O2/c1-9-7-12-10(2)11(3)17(6-4-5-16)14(12)13(8-9)15(18)19/h7-8H,4-6,16H2,1-3H3,(H,18,19). The van der Waals surface area contributed by atoms with Gasteiger partial charge in [-0.25, -0.2) is 4.79 Å². The van der Waals surface area contributed by atoms with Gasteiger partial charge in [-0.15, -0.1) is 0 Å². The van der Waals surface area contributed by atoms with Gasteiger partial charge in [0, 0.05) is 17.6 Å². The summed E-state index contributed by atoms with van der Waals surface area (Å²) in [5.74, 6) is -0.875. The van der Waals surface area contributed by atoms with E-state index in [1.54, 1.807) is 6.07 Å². The zero-order chi connectivity index (χ0) is 14.2. The van der Waals surface area contributed by atoms with Gasteiger partial charge in [0.1, 0.15) is 0 Å². The van der Waals surface area contributed by atoms with Crippen LogP contribution in [0.4, 0.5) is 0 Å². The number of aromatic carboxylic acids is 1. The summed E-state index contributed by atoms with van der Waals surface area (Å²) < 4.78 is 2.08. The Kier molecular flexibility index (Phi) is 3.62. The fourth-order valence-electron chi connectivity index (χ4n) is 2.61. The lowest BCUT2D eigenvalue weighted by Gasteiger charge is -2.10. The monoisotopic (exact) mass is 260 g/mol. The van der Waals surface area contributed by atoms with Crippen LogP contribution in [0.15, 0.2) is 12.1 Å². The van der Waals surface area contributed by atoms with E-state index in [9.17, 15) is 9.90 Å². The van der Waals surface area contributed by atoms with Crippen molar-refractivity contribution in [3.63, 3.8) is 0 Å². The van der Waals surface area contributed by atoms with Gasteiger partial charge in [0.15, 0.2) is 0 Å². The van der Waals surface area contributed by atoms with Crippen molar-refractivity contribution >= 4 is 16.9 Å². The van der Waals surface area contributed by atoms with Crippen LogP contribution in [0.3, 0.4) is 0 Å². The number of nitrogens with zero attached hydrogens (tertiary/aromatic N) is 1. The van der Waals surface area contributed by atoms with E-state index >= 15 is 0 Å². The third-order valence-corrected chi connectivity index (χ3v) is 3.69. The zero-order valence-electron chi connectivity index (χ0n) is 11.7. The van der Waals surface area contributed by atoms with Crippen LogP contribution in [-0.4, -0.2) is 22.2 Å². The van der Waals surface area contributed by atoms with Crippen LogP contribution >= 0.6 is 0 Å². The van der Waals surface area contributed by atoms with Crippen molar-refractivity contribution < 1.29 is 9.90 Å². The number of aryl methyl sites for hydroxylation is 3. The summed E-state index contributed by atoms with van der Waals surface area (Å²) in [6.45, 7) is 7.37. The molecule has 0 aliphatic heterocycles.